The van der Waals surface area contributed by atoms with Crippen molar-refractivity contribution in [3.63, 3.8) is 0 Å². The van der Waals surface area contributed by atoms with Crippen LogP contribution in [-0.4, -0.2) is 42.0 Å². The molecule has 2 aromatic rings. The fourth-order valence-electron chi connectivity index (χ4n) is 2.97. The second-order valence-electron chi connectivity index (χ2n) is 7.13. The molecule has 154 valence electrons. The van der Waals surface area contributed by atoms with Crippen LogP contribution in [0.15, 0.2) is 41.7 Å². The summed E-state index contributed by atoms with van der Waals surface area (Å²) in [5, 5.41) is 2.85. The maximum Gasteiger partial charge on any atom is 0.317 e. The molecule has 0 bridgehead atoms. The van der Waals surface area contributed by atoms with Crippen molar-refractivity contribution in [3.05, 3.63) is 47.8 Å². The molecular weight excluding hydrogens is 376 g/mol. The molecule has 0 saturated heterocycles. The van der Waals surface area contributed by atoms with Gasteiger partial charge in [0.15, 0.2) is 0 Å². The highest BCUT2D eigenvalue weighted by Gasteiger charge is 2.25. The van der Waals surface area contributed by atoms with Gasteiger partial charge in [-0.1, -0.05) is 44.2 Å². The van der Waals surface area contributed by atoms with Crippen LogP contribution in [-0.2, 0) is 28.7 Å². The van der Waals surface area contributed by atoms with Gasteiger partial charge in [-0.3, -0.25) is 0 Å². The van der Waals surface area contributed by atoms with Gasteiger partial charge in [0.2, 0.25) is 15.0 Å². The van der Waals surface area contributed by atoms with E-state index < -0.39 is 9.84 Å². The molecule has 7 nitrogen and oxygen atoms in total. The number of sulfone groups is 1. The number of amides is 2. The average Bonchev–Trinajstić information content (AvgIpc) is 3.02. The number of imidazole rings is 1. The lowest BCUT2D eigenvalue weighted by Crippen LogP contribution is -2.39. The number of benzene rings is 1. The Balaban J connectivity index is 2.36. The Morgan fingerprint density at radius 2 is 1.89 bits per heavy atom. The number of carbonyl (C=O) groups is 1. The van der Waals surface area contributed by atoms with Crippen molar-refractivity contribution in [2.24, 2.45) is 5.92 Å². The molecule has 28 heavy (non-hydrogen) atoms. The minimum atomic E-state index is -3.61. The van der Waals surface area contributed by atoms with E-state index in [-0.39, 0.29) is 22.9 Å². The average molecular weight is 407 g/mol. The molecule has 1 heterocycles. The van der Waals surface area contributed by atoms with Crippen molar-refractivity contribution in [1.29, 1.82) is 0 Å². The van der Waals surface area contributed by atoms with E-state index in [0.717, 1.165) is 5.56 Å². The minimum Gasteiger partial charge on any atom is -0.338 e. The van der Waals surface area contributed by atoms with Crippen LogP contribution in [0.4, 0.5) is 4.79 Å². The third-order valence-electron chi connectivity index (χ3n) is 4.28. The number of nitrogens with zero attached hydrogens (tertiary/aromatic N) is 3. The van der Waals surface area contributed by atoms with Gasteiger partial charge >= 0.3 is 6.03 Å². The van der Waals surface area contributed by atoms with Gasteiger partial charge in [-0.25, -0.2) is 18.2 Å². The maximum absolute atomic E-state index is 13.0. The van der Waals surface area contributed by atoms with Gasteiger partial charge in [-0.05, 0) is 25.3 Å². The number of rotatable bonds is 9. The molecule has 0 saturated carbocycles. The summed E-state index contributed by atoms with van der Waals surface area (Å²) < 4.78 is 27.8. The van der Waals surface area contributed by atoms with Crippen molar-refractivity contribution < 1.29 is 13.2 Å². The number of carbonyl (C=O) groups excluding carboxylic acids is 1. The van der Waals surface area contributed by atoms with Crippen LogP contribution in [0, 0.1) is 5.92 Å². The van der Waals surface area contributed by atoms with Gasteiger partial charge < -0.3 is 14.8 Å². The molecule has 1 N–H and O–H groups in total. The lowest BCUT2D eigenvalue weighted by Gasteiger charge is -2.22. The van der Waals surface area contributed by atoms with Crippen LogP contribution in [0.25, 0.3) is 0 Å². The van der Waals surface area contributed by atoms with Gasteiger partial charge in [0, 0.05) is 19.6 Å². The summed E-state index contributed by atoms with van der Waals surface area (Å²) in [6, 6.07) is 8.92. The molecule has 1 aromatic heterocycles. The van der Waals surface area contributed by atoms with E-state index in [2.05, 4.69) is 10.3 Å². The molecule has 1 aromatic carbocycles. The normalized spacial score (nSPS) is 11.6. The van der Waals surface area contributed by atoms with Crippen LogP contribution in [0.2, 0.25) is 0 Å². The fourth-order valence-corrected chi connectivity index (χ4v) is 4.47. The molecule has 2 rings (SSSR count). The topological polar surface area (TPSA) is 84.3 Å². The summed E-state index contributed by atoms with van der Waals surface area (Å²) in [5.74, 6) is 0.133. The summed E-state index contributed by atoms with van der Waals surface area (Å²) in [4.78, 5) is 18.1. The number of aromatic nitrogens is 2. The zero-order chi connectivity index (χ0) is 20.7. The second-order valence-corrected chi connectivity index (χ2v) is 9.01. The standard InChI is InChI=1S/C20H30N4O3S/c1-5-21-19(25)23(6-2)14-18-12-22-20(24(18)13-16(3)4)28(26,27)15-17-10-8-7-9-11-17/h7-12,16H,5-6,13-15H2,1-4H3,(H,21,25). The lowest BCUT2D eigenvalue weighted by molar-refractivity contribution is 0.197. The van der Waals surface area contributed by atoms with Gasteiger partial charge in [0.05, 0.1) is 24.2 Å². The number of hydrogen-bond donors (Lipinski definition) is 1. The predicted octanol–water partition coefficient (Wildman–Crippen LogP) is 3.06. The van der Waals surface area contributed by atoms with Gasteiger partial charge in [0.1, 0.15) is 0 Å². The monoisotopic (exact) mass is 406 g/mol. The summed E-state index contributed by atoms with van der Waals surface area (Å²) >= 11 is 0. The van der Waals surface area contributed by atoms with Crippen molar-refractivity contribution >= 4 is 15.9 Å². The molecule has 0 unspecified atom stereocenters. The molecule has 0 spiro atoms. The summed E-state index contributed by atoms with van der Waals surface area (Å²) in [7, 11) is -3.61. The van der Waals surface area contributed by atoms with Crippen LogP contribution >= 0.6 is 0 Å². The van der Waals surface area contributed by atoms with Gasteiger partial charge in [0.25, 0.3) is 0 Å². The number of urea groups is 1. The molecule has 0 aliphatic rings. The molecular formula is C20H30N4O3S. The summed E-state index contributed by atoms with van der Waals surface area (Å²) in [5.41, 5.74) is 1.44. The first kappa shape index (κ1) is 21.9. The van der Waals surface area contributed by atoms with Crippen LogP contribution in [0.1, 0.15) is 39.0 Å². The van der Waals surface area contributed by atoms with E-state index in [1.54, 1.807) is 27.8 Å². The van der Waals surface area contributed by atoms with E-state index in [1.807, 2.05) is 45.9 Å². The van der Waals surface area contributed by atoms with Gasteiger partial charge in [-0.15, -0.1) is 0 Å². The zero-order valence-corrected chi connectivity index (χ0v) is 17.9. The molecule has 0 aliphatic heterocycles. The Bertz CT molecular complexity index is 876. The molecule has 0 atom stereocenters. The Morgan fingerprint density at radius 1 is 1.21 bits per heavy atom. The van der Waals surface area contributed by atoms with Crippen molar-refractivity contribution in [2.75, 3.05) is 13.1 Å². The Labute approximate surface area is 167 Å². The predicted molar refractivity (Wildman–Crippen MR) is 110 cm³/mol. The first-order chi connectivity index (χ1) is 13.3. The highest BCUT2D eigenvalue weighted by molar-refractivity contribution is 7.90. The van der Waals surface area contributed by atoms with E-state index in [9.17, 15) is 13.2 Å². The second kappa shape index (κ2) is 9.73. The molecule has 0 aliphatic carbocycles. The highest BCUT2D eigenvalue weighted by atomic mass is 32.2. The van der Waals surface area contributed by atoms with Crippen LogP contribution < -0.4 is 5.32 Å². The summed E-state index contributed by atoms with van der Waals surface area (Å²) in [6.07, 6.45) is 1.57. The van der Waals surface area contributed by atoms with E-state index in [1.165, 1.54) is 0 Å². The molecule has 8 heteroatoms. The van der Waals surface area contributed by atoms with Crippen LogP contribution in [0.3, 0.4) is 0 Å². The first-order valence-electron chi connectivity index (χ1n) is 9.62. The quantitative estimate of drug-likeness (QED) is 0.694. The smallest absolute Gasteiger partial charge is 0.317 e. The van der Waals surface area contributed by atoms with E-state index in [4.69, 9.17) is 0 Å². The fraction of sp³-hybridized carbons (Fsp3) is 0.500. The highest BCUT2D eigenvalue weighted by Crippen LogP contribution is 2.20. The van der Waals surface area contributed by atoms with Gasteiger partial charge in [-0.2, -0.15) is 0 Å². The minimum absolute atomic E-state index is 0.0620. The van der Waals surface area contributed by atoms with Crippen molar-refractivity contribution in [3.8, 4) is 0 Å². The van der Waals surface area contributed by atoms with Crippen LogP contribution in [0.5, 0.6) is 0 Å². The van der Waals surface area contributed by atoms with Crippen molar-refractivity contribution in [2.45, 2.75) is 51.7 Å². The zero-order valence-electron chi connectivity index (χ0n) is 17.1. The Kier molecular flexibility index (Phi) is 7.62. The van der Waals surface area contributed by atoms with E-state index in [0.29, 0.717) is 31.9 Å². The number of hydrogen-bond acceptors (Lipinski definition) is 4. The molecule has 0 fully saturated rings. The first-order valence-corrected chi connectivity index (χ1v) is 11.3. The lowest BCUT2D eigenvalue weighted by atomic mass is 10.2. The Morgan fingerprint density at radius 3 is 2.46 bits per heavy atom. The Hall–Kier alpha value is -2.35. The third-order valence-corrected chi connectivity index (χ3v) is 5.87. The third kappa shape index (κ3) is 5.58. The SMILES string of the molecule is CCNC(=O)N(CC)Cc1cnc(S(=O)(=O)Cc2ccccc2)n1CC(C)C. The maximum atomic E-state index is 13.0. The van der Waals surface area contributed by atoms with E-state index >= 15 is 0 Å². The largest absolute Gasteiger partial charge is 0.338 e. The number of nitrogens with one attached hydrogen (secondary N) is 1. The van der Waals surface area contributed by atoms with Crippen molar-refractivity contribution in [1.82, 2.24) is 19.8 Å². The molecule has 0 radical (unpaired) electrons. The summed E-state index contributed by atoms with van der Waals surface area (Å²) in [6.45, 7) is 9.70. The molecule has 2 amide bonds.